The summed E-state index contributed by atoms with van der Waals surface area (Å²) in [6.45, 7) is 2.14. The van der Waals surface area contributed by atoms with E-state index in [0.717, 1.165) is 42.7 Å². The molecule has 2 aromatic carbocycles. The summed E-state index contributed by atoms with van der Waals surface area (Å²) in [5.41, 5.74) is 2.52. The van der Waals surface area contributed by atoms with Gasteiger partial charge in [-0.15, -0.1) is 0 Å². The van der Waals surface area contributed by atoms with Gasteiger partial charge >= 0.3 is 5.97 Å². The summed E-state index contributed by atoms with van der Waals surface area (Å²) in [4.78, 5) is 28.7. The van der Waals surface area contributed by atoms with Crippen molar-refractivity contribution in [1.82, 2.24) is 10.2 Å². The van der Waals surface area contributed by atoms with E-state index in [2.05, 4.69) is 10.2 Å². The molecule has 28 heavy (non-hydrogen) atoms. The third-order valence-electron chi connectivity index (χ3n) is 5.91. The highest BCUT2D eigenvalue weighted by Gasteiger charge is 2.51. The van der Waals surface area contributed by atoms with Gasteiger partial charge in [0.2, 0.25) is 5.91 Å². The van der Waals surface area contributed by atoms with Gasteiger partial charge in [-0.05, 0) is 61.7 Å². The maximum absolute atomic E-state index is 13.0. The molecule has 0 atom stereocenters. The highest BCUT2D eigenvalue weighted by molar-refractivity contribution is 5.94. The molecule has 0 aromatic heterocycles. The van der Waals surface area contributed by atoms with Crippen molar-refractivity contribution in [3.8, 4) is 0 Å². The Morgan fingerprint density at radius 1 is 1.14 bits per heavy atom. The van der Waals surface area contributed by atoms with E-state index in [0.29, 0.717) is 18.7 Å². The fourth-order valence-electron chi connectivity index (χ4n) is 4.45. The fourth-order valence-corrected chi connectivity index (χ4v) is 4.45. The van der Waals surface area contributed by atoms with Crippen LogP contribution < -0.4 is 10.2 Å². The number of hydrogen-bond donors (Lipinski definition) is 2. The quantitative estimate of drug-likeness (QED) is 0.853. The Bertz CT molecular complexity index is 891. The van der Waals surface area contributed by atoms with Crippen molar-refractivity contribution in [1.29, 1.82) is 0 Å². The van der Waals surface area contributed by atoms with Gasteiger partial charge < -0.3 is 20.2 Å². The lowest BCUT2D eigenvalue weighted by Crippen LogP contribution is -2.55. The number of hydrogen-bond acceptors (Lipinski definition) is 4. The zero-order chi connectivity index (χ0) is 19.7. The van der Waals surface area contributed by atoms with Crippen molar-refractivity contribution in [2.75, 3.05) is 31.7 Å². The first-order valence-electron chi connectivity index (χ1n) is 9.65. The lowest BCUT2D eigenvalue weighted by atomic mass is 9.86. The molecule has 2 saturated heterocycles. The second-order valence-electron chi connectivity index (χ2n) is 7.66. The van der Waals surface area contributed by atoms with Crippen LogP contribution in [0, 0.1) is 0 Å². The minimum atomic E-state index is -0.927. The molecule has 2 aliphatic heterocycles. The Labute approximate surface area is 164 Å². The molecule has 2 heterocycles. The summed E-state index contributed by atoms with van der Waals surface area (Å²) >= 11 is 0. The van der Waals surface area contributed by atoms with E-state index in [-0.39, 0.29) is 5.91 Å². The second-order valence-corrected chi connectivity index (χ2v) is 7.66. The van der Waals surface area contributed by atoms with Gasteiger partial charge in [-0.3, -0.25) is 4.79 Å². The average Bonchev–Trinajstić information content (AvgIpc) is 2.94. The van der Waals surface area contributed by atoms with Gasteiger partial charge in [0.15, 0.2) is 0 Å². The van der Waals surface area contributed by atoms with Crippen LogP contribution in [0.15, 0.2) is 48.5 Å². The second kappa shape index (κ2) is 7.28. The number of carbonyl (C=O) groups excluding carboxylic acids is 1. The van der Waals surface area contributed by atoms with Crippen LogP contribution >= 0.6 is 0 Å². The standard InChI is InChI=1S/C22H25N3O3/c1-24-15-25(22(21(24)28)9-11-23-12-10-22)18-7-8-19(20(26)27)17(14-18)13-16-5-3-2-4-6-16/h2-8,14,23H,9-13,15H2,1H3,(H,26,27). The third kappa shape index (κ3) is 3.14. The summed E-state index contributed by atoms with van der Waals surface area (Å²) in [6, 6.07) is 15.3. The summed E-state index contributed by atoms with van der Waals surface area (Å²) in [7, 11) is 1.84. The Morgan fingerprint density at radius 2 is 1.86 bits per heavy atom. The molecular weight excluding hydrogens is 354 g/mol. The van der Waals surface area contributed by atoms with E-state index >= 15 is 0 Å². The van der Waals surface area contributed by atoms with Gasteiger partial charge in [-0.1, -0.05) is 30.3 Å². The Balaban J connectivity index is 1.74. The van der Waals surface area contributed by atoms with Gasteiger partial charge in [0.25, 0.3) is 0 Å². The maximum Gasteiger partial charge on any atom is 0.335 e. The van der Waals surface area contributed by atoms with Gasteiger partial charge in [0.1, 0.15) is 5.54 Å². The molecular formula is C22H25N3O3. The number of piperidine rings is 1. The summed E-state index contributed by atoms with van der Waals surface area (Å²) < 4.78 is 0. The van der Waals surface area contributed by atoms with Crippen molar-refractivity contribution in [3.63, 3.8) is 0 Å². The molecule has 0 aliphatic carbocycles. The minimum absolute atomic E-state index is 0.154. The number of rotatable bonds is 4. The first-order valence-corrected chi connectivity index (χ1v) is 9.65. The average molecular weight is 379 g/mol. The number of anilines is 1. The molecule has 146 valence electrons. The van der Waals surface area contributed by atoms with Crippen LogP contribution in [0.25, 0.3) is 0 Å². The lowest BCUT2D eigenvalue weighted by Gasteiger charge is -2.40. The molecule has 2 aromatic rings. The van der Waals surface area contributed by atoms with Gasteiger partial charge in [-0.2, -0.15) is 0 Å². The van der Waals surface area contributed by atoms with Crippen molar-refractivity contribution < 1.29 is 14.7 Å². The van der Waals surface area contributed by atoms with Crippen LogP contribution in [0.4, 0.5) is 5.69 Å². The molecule has 1 amide bonds. The minimum Gasteiger partial charge on any atom is -0.478 e. The Kier molecular flexibility index (Phi) is 4.81. The fraction of sp³-hybridized carbons (Fsp3) is 0.364. The monoisotopic (exact) mass is 379 g/mol. The van der Waals surface area contributed by atoms with E-state index in [1.165, 1.54) is 0 Å². The van der Waals surface area contributed by atoms with E-state index in [1.807, 2.05) is 49.5 Å². The van der Waals surface area contributed by atoms with Crippen LogP contribution in [-0.2, 0) is 11.2 Å². The SMILES string of the molecule is CN1CN(c2ccc(C(=O)O)c(Cc3ccccc3)c2)C2(CCNCC2)C1=O. The van der Waals surface area contributed by atoms with E-state index < -0.39 is 11.5 Å². The normalized spacial score (nSPS) is 18.7. The number of nitrogens with zero attached hydrogens (tertiary/aromatic N) is 2. The van der Waals surface area contributed by atoms with E-state index in [9.17, 15) is 14.7 Å². The predicted molar refractivity (Wildman–Crippen MR) is 108 cm³/mol. The van der Waals surface area contributed by atoms with Crippen LogP contribution in [0.1, 0.15) is 34.3 Å². The van der Waals surface area contributed by atoms with Gasteiger partial charge in [0.05, 0.1) is 12.2 Å². The summed E-state index contributed by atoms with van der Waals surface area (Å²) in [5.74, 6) is -0.774. The van der Waals surface area contributed by atoms with Crippen molar-refractivity contribution in [2.45, 2.75) is 24.8 Å². The summed E-state index contributed by atoms with van der Waals surface area (Å²) in [6.07, 6.45) is 2.05. The first kappa shape index (κ1) is 18.5. The molecule has 0 saturated carbocycles. The lowest BCUT2D eigenvalue weighted by molar-refractivity contribution is -0.131. The molecule has 6 nitrogen and oxygen atoms in total. The van der Waals surface area contributed by atoms with E-state index in [4.69, 9.17) is 0 Å². The molecule has 0 radical (unpaired) electrons. The van der Waals surface area contributed by atoms with Crippen molar-refractivity contribution >= 4 is 17.6 Å². The maximum atomic E-state index is 13.0. The highest BCUT2D eigenvalue weighted by atomic mass is 16.4. The van der Waals surface area contributed by atoms with E-state index in [1.54, 1.807) is 11.0 Å². The molecule has 1 spiro atoms. The number of benzene rings is 2. The number of likely N-dealkylation sites (N-methyl/N-ethyl adjacent to an activating group) is 1. The molecule has 0 bridgehead atoms. The molecule has 2 aliphatic rings. The molecule has 6 heteroatoms. The van der Waals surface area contributed by atoms with Gasteiger partial charge in [0, 0.05) is 12.7 Å². The van der Waals surface area contributed by atoms with Crippen LogP contribution in [0.2, 0.25) is 0 Å². The van der Waals surface area contributed by atoms with Crippen LogP contribution in [-0.4, -0.2) is 54.2 Å². The van der Waals surface area contributed by atoms with Gasteiger partial charge in [-0.25, -0.2) is 4.79 Å². The first-order chi connectivity index (χ1) is 13.5. The number of carboxylic acids is 1. The highest BCUT2D eigenvalue weighted by Crippen LogP contribution is 2.38. The zero-order valence-corrected chi connectivity index (χ0v) is 16.0. The number of aromatic carboxylic acids is 1. The van der Waals surface area contributed by atoms with Crippen molar-refractivity contribution in [2.24, 2.45) is 0 Å². The Hall–Kier alpha value is -2.86. The zero-order valence-electron chi connectivity index (χ0n) is 16.0. The smallest absolute Gasteiger partial charge is 0.335 e. The Morgan fingerprint density at radius 3 is 2.54 bits per heavy atom. The number of nitrogens with one attached hydrogen (secondary N) is 1. The molecule has 0 unspecified atom stereocenters. The number of carboxylic acid groups (broad SMARTS) is 1. The largest absolute Gasteiger partial charge is 0.478 e. The summed E-state index contributed by atoms with van der Waals surface area (Å²) in [5, 5.41) is 13.0. The van der Waals surface area contributed by atoms with Crippen LogP contribution in [0.5, 0.6) is 0 Å². The topological polar surface area (TPSA) is 72.9 Å². The third-order valence-corrected chi connectivity index (χ3v) is 5.91. The molecule has 2 fully saturated rings. The molecule has 4 rings (SSSR count). The van der Waals surface area contributed by atoms with Crippen molar-refractivity contribution in [3.05, 3.63) is 65.2 Å². The van der Waals surface area contributed by atoms with Crippen LogP contribution in [0.3, 0.4) is 0 Å². The number of amides is 1. The predicted octanol–water partition coefficient (Wildman–Crippen LogP) is 2.33. The number of carbonyl (C=O) groups is 2. The molecule has 2 N–H and O–H groups in total.